The summed E-state index contributed by atoms with van der Waals surface area (Å²) in [6, 6.07) is 5.36. The second kappa shape index (κ2) is 4.44. The Hall–Kier alpha value is -2.63. The molecule has 3 rings (SSSR count). The van der Waals surface area contributed by atoms with Crippen molar-refractivity contribution < 1.29 is 14.0 Å². The van der Waals surface area contributed by atoms with Crippen molar-refractivity contribution in [2.24, 2.45) is 0 Å². The molecule has 21 heavy (non-hydrogen) atoms. The zero-order chi connectivity index (χ0) is 15.2. The second-order valence-corrected chi connectivity index (χ2v) is 5.55. The van der Waals surface area contributed by atoms with E-state index in [0.717, 1.165) is 11.3 Å². The molecule has 0 fully saturated rings. The van der Waals surface area contributed by atoms with Gasteiger partial charge >= 0.3 is 0 Å². The maximum atomic E-state index is 12.0. The summed E-state index contributed by atoms with van der Waals surface area (Å²) in [6.07, 6.45) is 1.31. The highest BCUT2D eigenvalue weighted by atomic mass is 16.3. The molecular formula is C15H15N3O3. The van der Waals surface area contributed by atoms with Crippen LogP contribution < -0.4 is 10.6 Å². The molecule has 0 saturated heterocycles. The van der Waals surface area contributed by atoms with Crippen molar-refractivity contribution in [3.8, 4) is 0 Å². The Morgan fingerprint density at radius 1 is 1.38 bits per heavy atom. The van der Waals surface area contributed by atoms with Crippen LogP contribution in [-0.4, -0.2) is 16.8 Å². The molecule has 0 saturated carbocycles. The van der Waals surface area contributed by atoms with E-state index in [1.807, 2.05) is 19.9 Å². The Balaban J connectivity index is 1.85. The zero-order valence-corrected chi connectivity index (χ0v) is 12.0. The summed E-state index contributed by atoms with van der Waals surface area (Å²) in [5.74, 6) is 0.0339. The van der Waals surface area contributed by atoms with Crippen LogP contribution in [0.3, 0.4) is 0 Å². The first kappa shape index (κ1) is 13.4. The van der Waals surface area contributed by atoms with Gasteiger partial charge in [-0.2, -0.15) is 0 Å². The molecule has 0 unspecified atom stereocenters. The lowest BCUT2D eigenvalue weighted by Gasteiger charge is -2.15. The highest BCUT2D eigenvalue weighted by molar-refractivity contribution is 6.07. The van der Waals surface area contributed by atoms with Crippen molar-refractivity contribution in [2.45, 2.75) is 26.2 Å². The van der Waals surface area contributed by atoms with Crippen LogP contribution >= 0.6 is 0 Å². The molecule has 0 bridgehead atoms. The Labute approximate surface area is 121 Å². The Kier molecular flexibility index (Phi) is 2.83. The Morgan fingerprint density at radius 3 is 2.81 bits per heavy atom. The van der Waals surface area contributed by atoms with Crippen molar-refractivity contribution >= 4 is 23.2 Å². The molecule has 6 nitrogen and oxygen atoms in total. The first-order valence-electron chi connectivity index (χ1n) is 6.57. The highest BCUT2D eigenvalue weighted by Crippen LogP contribution is 2.38. The average Bonchev–Trinajstić information content (AvgIpc) is 2.93. The standard InChI is InChI=1S/C15H15N3O3/c1-8-16-12(7-21-8)13(19)17-9-4-5-10-11(6-9)18-14(20)15(10,2)3/h4-7H,1-3H3,(H,17,19)(H,18,20). The monoisotopic (exact) mass is 285 g/mol. The van der Waals surface area contributed by atoms with Crippen molar-refractivity contribution in [1.82, 2.24) is 4.98 Å². The van der Waals surface area contributed by atoms with E-state index in [2.05, 4.69) is 15.6 Å². The van der Waals surface area contributed by atoms with Gasteiger partial charge in [-0.1, -0.05) is 6.07 Å². The Morgan fingerprint density at radius 2 is 2.14 bits per heavy atom. The quantitative estimate of drug-likeness (QED) is 0.887. The summed E-state index contributed by atoms with van der Waals surface area (Å²) >= 11 is 0. The lowest BCUT2D eigenvalue weighted by atomic mass is 9.86. The number of benzene rings is 1. The molecule has 6 heteroatoms. The number of aryl methyl sites for hydroxylation is 1. The minimum Gasteiger partial charge on any atom is -0.448 e. The number of anilines is 2. The van der Waals surface area contributed by atoms with Crippen molar-refractivity contribution in [2.75, 3.05) is 10.6 Å². The number of oxazole rings is 1. The fourth-order valence-corrected chi connectivity index (χ4v) is 2.33. The summed E-state index contributed by atoms with van der Waals surface area (Å²) in [7, 11) is 0. The van der Waals surface area contributed by atoms with Gasteiger partial charge < -0.3 is 15.1 Å². The maximum absolute atomic E-state index is 12.0. The maximum Gasteiger partial charge on any atom is 0.277 e. The number of fused-ring (bicyclic) bond motifs is 1. The number of hydrogen-bond acceptors (Lipinski definition) is 4. The molecule has 0 spiro atoms. The first-order valence-corrected chi connectivity index (χ1v) is 6.57. The molecule has 2 amide bonds. The molecule has 2 N–H and O–H groups in total. The van der Waals surface area contributed by atoms with Gasteiger partial charge in [0.1, 0.15) is 6.26 Å². The smallest absolute Gasteiger partial charge is 0.277 e. The molecule has 2 heterocycles. The van der Waals surface area contributed by atoms with E-state index >= 15 is 0 Å². The van der Waals surface area contributed by atoms with Gasteiger partial charge in [-0.25, -0.2) is 4.98 Å². The number of carbonyl (C=O) groups excluding carboxylic acids is 2. The number of rotatable bonds is 2. The zero-order valence-electron chi connectivity index (χ0n) is 12.0. The first-order chi connectivity index (χ1) is 9.88. The third-order valence-electron chi connectivity index (χ3n) is 3.62. The lowest BCUT2D eigenvalue weighted by molar-refractivity contribution is -0.119. The third kappa shape index (κ3) is 2.18. The van der Waals surface area contributed by atoms with Gasteiger partial charge in [-0.05, 0) is 31.5 Å². The van der Waals surface area contributed by atoms with Gasteiger partial charge in [0.2, 0.25) is 5.91 Å². The largest absolute Gasteiger partial charge is 0.448 e. The molecule has 0 aliphatic carbocycles. The number of carbonyl (C=O) groups is 2. The van der Waals surface area contributed by atoms with Gasteiger partial charge in [0.15, 0.2) is 11.6 Å². The fraction of sp³-hybridized carbons (Fsp3) is 0.267. The van der Waals surface area contributed by atoms with E-state index < -0.39 is 5.41 Å². The summed E-state index contributed by atoms with van der Waals surface area (Å²) in [5, 5.41) is 5.55. The van der Waals surface area contributed by atoms with Crippen LogP contribution in [-0.2, 0) is 10.2 Å². The van der Waals surface area contributed by atoms with E-state index in [1.165, 1.54) is 6.26 Å². The number of amides is 2. The number of aromatic nitrogens is 1. The van der Waals surface area contributed by atoms with Crippen LogP contribution in [0.4, 0.5) is 11.4 Å². The molecule has 108 valence electrons. The fourth-order valence-electron chi connectivity index (χ4n) is 2.33. The van der Waals surface area contributed by atoms with Crippen LogP contribution in [0, 0.1) is 6.92 Å². The molecular weight excluding hydrogens is 270 g/mol. The molecule has 1 aliphatic heterocycles. The van der Waals surface area contributed by atoms with Crippen LogP contribution in [0.15, 0.2) is 28.9 Å². The summed E-state index contributed by atoms with van der Waals surface area (Å²) in [5.41, 5.74) is 1.90. The van der Waals surface area contributed by atoms with E-state index in [4.69, 9.17) is 4.42 Å². The van der Waals surface area contributed by atoms with E-state index in [1.54, 1.807) is 19.1 Å². The summed E-state index contributed by atoms with van der Waals surface area (Å²) < 4.78 is 5.01. The minimum atomic E-state index is -0.554. The minimum absolute atomic E-state index is 0.0481. The molecule has 2 aromatic rings. The predicted octanol–water partition coefficient (Wildman–Crippen LogP) is 2.47. The molecule has 1 aromatic carbocycles. The topological polar surface area (TPSA) is 84.2 Å². The SMILES string of the molecule is Cc1nc(C(=O)Nc2ccc3c(c2)NC(=O)C3(C)C)co1. The van der Waals surface area contributed by atoms with Crippen LogP contribution in [0.25, 0.3) is 0 Å². The van der Waals surface area contributed by atoms with Crippen LogP contribution in [0.2, 0.25) is 0 Å². The highest BCUT2D eigenvalue weighted by Gasteiger charge is 2.38. The normalized spacial score (nSPS) is 15.5. The molecule has 1 aliphatic rings. The van der Waals surface area contributed by atoms with Crippen molar-refractivity contribution in [3.63, 3.8) is 0 Å². The molecule has 0 radical (unpaired) electrons. The van der Waals surface area contributed by atoms with E-state index in [-0.39, 0.29) is 17.5 Å². The lowest BCUT2D eigenvalue weighted by Crippen LogP contribution is -2.26. The van der Waals surface area contributed by atoms with Gasteiger partial charge in [-0.15, -0.1) is 0 Å². The van der Waals surface area contributed by atoms with Gasteiger partial charge in [-0.3, -0.25) is 9.59 Å². The number of hydrogen-bond donors (Lipinski definition) is 2. The Bertz CT molecular complexity index is 746. The predicted molar refractivity (Wildman–Crippen MR) is 77.3 cm³/mol. The van der Waals surface area contributed by atoms with Crippen LogP contribution in [0.1, 0.15) is 35.8 Å². The van der Waals surface area contributed by atoms with Gasteiger partial charge in [0.05, 0.1) is 5.41 Å². The van der Waals surface area contributed by atoms with Crippen LogP contribution in [0.5, 0.6) is 0 Å². The molecule has 0 atom stereocenters. The van der Waals surface area contributed by atoms with Crippen molar-refractivity contribution in [3.05, 3.63) is 41.6 Å². The van der Waals surface area contributed by atoms with Gasteiger partial charge in [0.25, 0.3) is 5.91 Å². The van der Waals surface area contributed by atoms with E-state index in [0.29, 0.717) is 11.6 Å². The van der Waals surface area contributed by atoms with Gasteiger partial charge in [0, 0.05) is 18.3 Å². The number of nitrogens with zero attached hydrogens (tertiary/aromatic N) is 1. The molecule has 1 aromatic heterocycles. The summed E-state index contributed by atoms with van der Waals surface area (Å²) in [4.78, 5) is 27.9. The second-order valence-electron chi connectivity index (χ2n) is 5.55. The number of nitrogens with one attached hydrogen (secondary N) is 2. The van der Waals surface area contributed by atoms with Crippen molar-refractivity contribution in [1.29, 1.82) is 0 Å². The third-order valence-corrected chi connectivity index (χ3v) is 3.62. The summed E-state index contributed by atoms with van der Waals surface area (Å²) in [6.45, 7) is 5.40. The average molecular weight is 285 g/mol. The van der Waals surface area contributed by atoms with E-state index in [9.17, 15) is 9.59 Å².